The molecule has 4 bridgehead atoms. The Bertz CT molecular complexity index is 955. The number of amides is 1. The Labute approximate surface area is 206 Å². The second kappa shape index (κ2) is 8.33. The van der Waals surface area contributed by atoms with Crippen molar-refractivity contribution in [2.24, 2.45) is 34.5 Å². The van der Waals surface area contributed by atoms with Crippen LogP contribution >= 0.6 is 23.6 Å². The summed E-state index contributed by atoms with van der Waals surface area (Å²) in [6.07, 6.45) is 9.79. The highest BCUT2D eigenvalue weighted by Crippen LogP contribution is 2.60. The number of nitrogens with one attached hydrogen (secondary N) is 2. The van der Waals surface area contributed by atoms with Gasteiger partial charge in [-0.25, -0.2) is 4.79 Å². The highest BCUT2D eigenvalue weighted by Gasteiger charge is 2.54. The van der Waals surface area contributed by atoms with Gasteiger partial charge in [-0.05, 0) is 105 Å². The van der Waals surface area contributed by atoms with Gasteiger partial charge in [-0.2, -0.15) is 0 Å². The molecule has 6 rings (SSSR count). The minimum Gasteiger partial charge on any atom is -0.465 e. The van der Waals surface area contributed by atoms with Crippen LogP contribution in [0.5, 0.6) is 0 Å². The van der Waals surface area contributed by atoms with E-state index < -0.39 is 0 Å². The van der Waals surface area contributed by atoms with Crippen molar-refractivity contribution in [3.8, 4) is 0 Å². The molecule has 1 aromatic heterocycles. The second-order valence-electron chi connectivity index (χ2n) is 12.1. The molecule has 1 atom stereocenters. The zero-order chi connectivity index (χ0) is 23.5. The highest BCUT2D eigenvalue weighted by molar-refractivity contribution is 7.80. The van der Waals surface area contributed by atoms with Crippen LogP contribution in [0.4, 0.5) is 5.00 Å². The summed E-state index contributed by atoms with van der Waals surface area (Å²) in [5, 5.41) is 7.24. The maximum absolute atomic E-state index is 13.4. The summed E-state index contributed by atoms with van der Waals surface area (Å²) < 4.78 is 5.12. The number of hydrogen-bond donors (Lipinski definition) is 2. The van der Waals surface area contributed by atoms with E-state index >= 15 is 0 Å². The van der Waals surface area contributed by atoms with Gasteiger partial charge < -0.3 is 15.4 Å². The Balaban J connectivity index is 1.33. The van der Waals surface area contributed by atoms with Gasteiger partial charge >= 0.3 is 5.97 Å². The first-order valence-corrected chi connectivity index (χ1v) is 13.7. The maximum Gasteiger partial charge on any atom is 0.341 e. The summed E-state index contributed by atoms with van der Waals surface area (Å²) in [4.78, 5) is 27.3. The third-order valence-corrected chi connectivity index (χ3v) is 10.2. The average Bonchev–Trinajstić information content (AvgIpc) is 3.08. The standard InChI is InChI=1S/C26H36N2O3S2/c1-25(2,3)17-5-6-18-19(10-17)33-21(20(18)22(29)31-4)27-24(32)28-23(30)26-11-14-7-15(12-26)9-16(8-14)13-26/h14-17H,5-13H2,1-4H3,(H2,27,28,30,32). The molecule has 33 heavy (non-hydrogen) atoms. The molecule has 1 aromatic rings. The summed E-state index contributed by atoms with van der Waals surface area (Å²) in [6.45, 7) is 6.85. The van der Waals surface area contributed by atoms with Gasteiger partial charge in [0.05, 0.1) is 18.1 Å². The molecule has 0 spiro atoms. The molecule has 0 aliphatic heterocycles. The van der Waals surface area contributed by atoms with Gasteiger partial charge in [0.1, 0.15) is 5.00 Å². The minimum atomic E-state index is -0.334. The van der Waals surface area contributed by atoms with Crippen molar-refractivity contribution in [1.82, 2.24) is 5.32 Å². The fraction of sp³-hybridized carbons (Fsp3) is 0.731. The zero-order valence-corrected chi connectivity index (χ0v) is 21.8. The third-order valence-electron chi connectivity index (χ3n) is 8.85. The number of ether oxygens (including phenoxy) is 1. The number of esters is 1. The fourth-order valence-corrected chi connectivity index (χ4v) is 9.07. The van der Waals surface area contributed by atoms with Crippen LogP contribution in [0.2, 0.25) is 0 Å². The fourth-order valence-electron chi connectivity index (χ4n) is 7.49. The molecule has 7 heteroatoms. The van der Waals surface area contributed by atoms with Crippen LogP contribution in [-0.4, -0.2) is 24.1 Å². The SMILES string of the molecule is COC(=O)c1c(NC(=S)NC(=O)C23CC4CC(CC(C4)C2)C3)sc2c1CCC(C(C)(C)C)C2. The van der Waals surface area contributed by atoms with Crippen LogP contribution in [-0.2, 0) is 22.4 Å². The van der Waals surface area contributed by atoms with Crippen LogP contribution < -0.4 is 10.6 Å². The molecule has 1 heterocycles. The van der Waals surface area contributed by atoms with Gasteiger partial charge in [-0.3, -0.25) is 4.79 Å². The number of hydrogen-bond acceptors (Lipinski definition) is 5. The minimum absolute atomic E-state index is 0.0767. The summed E-state index contributed by atoms with van der Waals surface area (Å²) in [5.41, 5.74) is 1.66. The zero-order valence-electron chi connectivity index (χ0n) is 20.2. The van der Waals surface area contributed by atoms with Gasteiger partial charge in [-0.15, -0.1) is 11.3 Å². The van der Waals surface area contributed by atoms with E-state index in [0.717, 1.165) is 44.1 Å². The van der Waals surface area contributed by atoms with Crippen molar-refractivity contribution >= 4 is 45.5 Å². The first-order chi connectivity index (χ1) is 15.6. The Morgan fingerprint density at radius 3 is 2.24 bits per heavy atom. The number of thiocarbonyl (C=S) groups is 1. The van der Waals surface area contributed by atoms with Gasteiger partial charge in [-0.1, -0.05) is 20.8 Å². The number of carbonyl (C=O) groups excluding carboxylic acids is 2. The average molecular weight is 489 g/mol. The molecule has 0 saturated heterocycles. The van der Waals surface area contributed by atoms with Crippen molar-refractivity contribution in [3.05, 3.63) is 16.0 Å². The summed E-state index contributed by atoms with van der Waals surface area (Å²) in [7, 11) is 1.42. The number of thiophene rings is 1. The van der Waals surface area contributed by atoms with E-state index in [4.69, 9.17) is 17.0 Å². The Morgan fingerprint density at radius 2 is 1.70 bits per heavy atom. The van der Waals surface area contributed by atoms with Crippen LogP contribution in [0.25, 0.3) is 0 Å². The molecule has 4 fully saturated rings. The Morgan fingerprint density at radius 1 is 1.09 bits per heavy atom. The lowest BCUT2D eigenvalue weighted by Crippen LogP contribution is -2.55. The summed E-state index contributed by atoms with van der Waals surface area (Å²) in [6, 6.07) is 0. The molecule has 4 saturated carbocycles. The van der Waals surface area contributed by atoms with Gasteiger partial charge in [0.15, 0.2) is 5.11 Å². The van der Waals surface area contributed by atoms with E-state index in [9.17, 15) is 9.59 Å². The molecule has 2 N–H and O–H groups in total. The number of carbonyl (C=O) groups is 2. The lowest BCUT2D eigenvalue weighted by atomic mass is 9.49. The van der Waals surface area contributed by atoms with E-state index in [-0.39, 0.29) is 22.7 Å². The first kappa shape index (κ1) is 23.3. The van der Waals surface area contributed by atoms with Gasteiger partial charge in [0.2, 0.25) is 5.91 Å². The molecule has 0 radical (unpaired) electrons. The number of rotatable bonds is 3. The smallest absolute Gasteiger partial charge is 0.341 e. The number of fused-ring (bicyclic) bond motifs is 1. The molecule has 5 aliphatic rings. The van der Waals surface area contributed by atoms with Crippen molar-refractivity contribution in [2.45, 2.75) is 78.6 Å². The van der Waals surface area contributed by atoms with Crippen LogP contribution in [0.1, 0.15) is 86.5 Å². The summed E-state index contributed by atoms with van der Waals surface area (Å²) >= 11 is 7.17. The largest absolute Gasteiger partial charge is 0.465 e. The topological polar surface area (TPSA) is 67.4 Å². The maximum atomic E-state index is 13.4. The molecule has 5 nitrogen and oxygen atoms in total. The lowest BCUT2D eigenvalue weighted by Gasteiger charge is -2.55. The first-order valence-electron chi connectivity index (χ1n) is 12.4. The van der Waals surface area contributed by atoms with E-state index in [1.807, 2.05) is 0 Å². The van der Waals surface area contributed by atoms with Crippen molar-refractivity contribution in [3.63, 3.8) is 0 Å². The van der Waals surface area contributed by atoms with E-state index in [2.05, 4.69) is 31.4 Å². The highest BCUT2D eigenvalue weighted by atomic mass is 32.1. The van der Waals surface area contributed by atoms with Crippen molar-refractivity contribution in [1.29, 1.82) is 0 Å². The predicted molar refractivity (Wildman–Crippen MR) is 136 cm³/mol. The number of anilines is 1. The second-order valence-corrected chi connectivity index (χ2v) is 13.6. The van der Waals surface area contributed by atoms with Crippen LogP contribution in [0, 0.1) is 34.5 Å². The molecule has 1 unspecified atom stereocenters. The Hall–Kier alpha value is -1.47. The third kappa shape index (κ3) is 4.24. The van der Waals surface area contributed by atoms with E-state index in [1.165, 1.54) is 31.2 Å². The van der Waals surface area contributed by atoms with E-state index in [1.54, 1.807) is 11.3 Å². The normalized spacial score (nSPS) is 32.2. The van der Waals surface area contributed by atoms with Gasteiger partial charge in [0, 0.05) is 4.88 Å². The molecular formula is C26H36N2O3S2. The van der Waals surface area contributed by atoms with Crippen molar-refractivity contribution < 1.29 is 14.3 Å². The lowest BCUT2D eigenvalue weighted by molar-refractivity contribution is -0.144. The molecule has 1 amide bonds. The van der Waals surface area contributed by atoms with Gasteiger partial charge in [0.25, 0.3) is 0 Å². The van der Waals surface area contributed by atoms with Crippen LogP contribution in [0.15, 0.2) is 0 Å². The van der Waals surface area contributed by atoms with Crippen molar-refractivity contribution in [2.75, 3.05) is 12.4 Å². The monoisotopic (exact) mass is 488 g/mol. The Kier molecular flexibility index (Phi) is 5.88. The molecular weight excluding hydrogens is 452 g/mol. The molecule has 180 valence electrons. The quantitative estimate of drug-likeness (QED) is 0.421. The molecule has 5 aliphatic carbocycles. The number of methoxy groups -OCH3 is 1. The predicted octanol–water partition coefficient (Wildman–Crippen LogP) is 5.72. The van der Waals surface area contributed by atoms with Crippen LogP contribution in [0.3, 0.4) is 0 Å². The molecule has 0 aromatic carbocycles. The summed E-state index contributed by atoms with van der Waals surface area (Å²) in [5.74, 6) is 2.43. The van der Waals surface area contributed by atoms with E-state index in [0.29, 0.717) is 39.3 Å².